The summed E-state index contributed by atoms with van der Waals surface area (Å²) in [5, 5.41) is 27.2. The number of hydrogen-bond acceptors (Lipinski definition) is 4. The van der Waals surface area contributed by atoms with Gasteiger partial charge in [0.2, 0.25) is 0 Å². The summed E-state index contributed by atoms with van der Waals surface area (Å²) in [6, 6.07) is 137. The van der Waals surface area contributed by atoms with Crippen molar-refractivity contribution in [1.82, 2.24) is 9.13 Å². The second-order valence-corrected chi connectivity index (χ2v) is 32.2. The number of para-hydroxylation sites is 4. The van der Waals surface area contributed by atoms with Gasteiger partial charge < -0.3 is 18.9 Å². The van der Waals surface area contributed by atoms with E-state index in [0.29, 0.717) is 16.7 Å². The number of aromatic nitrogens is 2. The number of anilines is 6. The summed E-state index contributed by atoms with van der Waals surface area (Å²) in [4.78, 5) is 5.30. The van der Waals surface area contributed by atoms with E-state index in [1.807, 2.05) is 18.2 Å². The van der Waals surface area contributed by atoms with Crippen LogP contribution in [0.2, 0.25) is 0 Å². The molecule has 0 N–H and O–H groups in total. The van der Waals surface area contributed by atoms with Gasteiger partial charge in [0.25, 0.3) is 6.71 Å². The molecule has 20 rings (SSSR count). The average molecular weight is 1450 g/mol. The van der Waals surface area contributed by atoms with Crippen LogP contribution in [-0.2, 0) is 10.8 Å². The third-order valence-corrected chi connectivity index (χ3v) is 23.4. The smallest absolute Gasteiger partial charge is 0.252 e. The number of nitrogens with zero attached hydrogens (tertiary/aromatic N) is 6. The van der Waals surface area contributed by atoms with Gasteiger partial charge in [0, 0.05) is 83.5 Å². The molecule has 18 aromatic rings. The highest BCUT2D eigenvalue weighted by molar-refractivity contribution is 7.00. The van der Waals surface area contributed by atoms with Crippen molar-refractivity contribution in [3.63, 3.8) is 0 Å². The molecule has 0 aliphatic carbocycles. The lowest BCUT2D eigenvalue weighted by Gasteiger charge is -2.46. The van der Waals surface area contributed by atoms with Crippen LogP contribution in [0.4, 0.5) is 34.1 Å². The predicted octanol–water partition coefficient (Wildman–Crippen LogP) is 26.0. The van der Waals surface area contributed by atoms with E-state index in [9.17, 15) is 10.5 Å². The third kappa shape index (κ3) is 11.3. The first-order chi connectivity index (χ1) is 55.3. The molecule has 16 aromatic carbocycles. The summed E-state index contributed by atoms with van der Waals surface area (Å²) in [6.07, 6.45) is 0. The minimum Gasteiger partial charge on any atom is -0.310 e. The molecule has 4 heterocycles. The number of fused-ring (bicyclic) bond motifs is 10. The van der Waals surface area contributed by atoms with Crippen molar-refractivity contribution in [3.05, 3.63) is 380 Å². The highest BCUT2D eigenvalue weighted by Crippen LogP contribution is 2.56. The zero-order valence-electron chi connectivity index (χ0n) is 63.8. The van der Waals surface area contributed by atoms with Crippen molar-refractivity contribution in [2.24, 2.45) is 0 Å². The summed E-state index contributed by atoms with van der Waals surface area (Å²) < 4.78 is 4.93. The van der Waals surface area contributed by atoms with E-state index in [1.54, 1.807) is 0 Å². The molecule has 113 heavy (non-hydrogen) atoms. The standard InChI is InChI=1S/C106H77BN6/c1-105(2,3)79-42-28-38-72(56-79)89-59-76(68-30-11-7-12-31-68)58-87(70-34-15-9-16-35-70)103(89)112-97-64-81(110-93-48-23-19-44-83(93)84-45-20-24-49-94(84)110)52-54-91(97)107-92-55-53-82(111-95-50-25-21-46-85(95)86-47-22-26-51-96(86)111)65-98(92)113(100-63-77(62-99(112)102(100)107)69-32-13-8-14-33-69)104-88(71-36-17-10-18-37-71)60-78(101-74(66-108)40-27-41-75(101)67-109)61-90(104)73-39-29-43-80(57-73)106(4,5)6/h7-65H,1-6H3. The minimum atomic E-state index is -0.369. The molecule has 0 bridgehead atoms. The second kappa shape index (κ2) is 26.8. The van der Waals surface area contributed by atoms with Gasteiger partial charge in [0.15, 0.2) is 0 Å². The van der Waals surface area contributed by atoms with E-state index >= 15 is 0 Å². The summed E-state index contributed by atoms with van der Waals surface area (Å²) in [5.74, 6) is 0. The monoisotopic (exact) mass is 1440 g/mol. The van der Waals surface area contributed by atoms with E-state index in [0.717, 1.165) is 156 Å². The quantitative estimate of drug-likeness (QED) is 0.121. The first-order valence-electron chi connectivity index (χ1n) is 39.0. The molecular weight excluding hydrogens is 1370 g/mol. The maximum atomic E-state index is 11.2. The Labute approximate surface area is 660 Å². The van der Waals surface area contributed by atoms with Gasteiger partial charge in [-0.2, -0.15) is 10.5 Å². The van der Waals surface area contributed by atoms with Crippen molar-refractivity contribution in [2.75, 3.05) is 9.80 Å². The average Bonchev–Trinajstić information content (AvgIpc) is 1.10. The SMILES string of the molecule is CC(C)(C)c1cccc(-c2cc(-c3ccccc3)cc(-c3ccccc3)c2N2c3cc(-n4c5ccccc5c5ccccc54)ccc3B3c4ccc(-n5c6ccccc6c6ccccc65)cc4N(c4c(-c5ccccc5)cc(-c5c(C#N)cccc5C#N)cc4-c4cccc(C(C)(C)C)c4)c4cc(-c5ccccc5)cc2c43)c1. The van der Waals surface area contributed by atoms with E-state index in [-0.39, 0.29) is 17.5 Å². The molecule has 0 amide bonds. The predicted molar refractivity (Wildman–Crippen MR) is 474 cm³/mol. The Morgan fingerprint density at radius 3 is 0.956 bits per heavy atom. The maximum absolute atomic E-state index is 11.2. The molecular formula is C106H77BN6. The molecule has 534 valence electrons. The molecule has 7 heteroatoms. The maximum Gasteiger partial charge on any atom is 0.252 e. The molecule has 2 aliphatic heterocycles. The normalized spacial score (nSPS) is 12.4. The van der Waals surface area contributed by atoms with Crippen LogP contribution in [0.3, 0.4) is 0 Å². The van der Waals surface area contributed by atoms with Crippen LogP contribution in [0.5, 0.6) is 0 Å². The molecule has 0 radical (unpaired) electrons. The molecule has 2 aliphatic rings. The Hall–Kier alpha value is -14.2. The van der Waals surface area contributed by atoms with Crippen molar-refractivity contribution < 1.29 is 0 Å². The molecule has 0 saturated carbocycles. The summed E-state index contributed by atoms with van der Waals surface area (Å²) in [6.45, 7) is 13.4. The zero-order chi connectivity index (χ0) is 76.4. The molecule has 0 atom stereocenters. The zero-order valence-corrected chi connectivity index (χ0v) is 63.8. The van der Waals surface area contributed by atoms with E-state index in [1.165, 1.54) is 32.7 Å². The largest absolute Gasteiger partial charge is 0.310 e. The number of nitriles is 2. The van der Waals surface area contributed by atoms with Crippen LogP contribution >= 0.6 is 0 Å². The highest BCUT2D eigenvalue weighted by atomic mass is 15.2. The fourth-order valence-corrected chi connectivity index (χ4v) is 18.1. The molecule has 2 aromatic heterocycles. The fraction of sp³-hybridized carbons (Fsp3) is 0.0755. The summed E-state index contributed by atoms with van der Waals surface area (Å²) >= 11 is 0. The Kier molecular flexibility index (Phi) is 16.2. The van der Waals surface area contributed by atoms with E-state index in [4.69, 9.17) is 0 Å². The first kappa shape index (κ1) is 68.1. The first-order valence-corrected chi connectivity index (χ1v) is 39.0. The van der Waals surface area contributed by atoms with Gasteiger partial charge in [0.1, 0.15) is 0 Å². The summed E-state index contributed by atoms with van der Waals surface area (Å²) in [7, 11) is 0. The van der Waals surface area contributed by atoms with Crippen molar-refractivity contribution >= 4 is 101 Å². The number of benzene rings is 16. The van der Waals surface area contributed by atoms with Gasteiger partial charge in [0.05, 0.1) is 56.7 Å². The van der Waals surface area contributed by atoms with Gasteiger partial charge in [-0.05, 0) is 185 Å². The van der Waals surface area contributed by atoms with Crippen LogP contribution < -0.4 is 26.2 Å². The molecule has 0 spiro atoms. The van der Waals surface area contributed by atoms with Crippen LogP contribution in [0.25, 0.3) is 133 Å². The molecule has 6 nitrogen and oxygen atoms in total. The van der Waals surface area contributed by atoms with Gasteiger partial charge in [-0.3, -0.25) is 0 Å². The van der Waals surface area contributed by atoms with Crippen LogP contribution in [0.1, 0.15) is 63.8 Å². The van der Waals surface area contributed by atoms with E-state index < -0.39 is 0 Å². The van der Waals surface area contributed by atoms with E-state index in [2.05, 4.69) is 412 Å². The Bertz CT molecular complexity index is 6840. The van der Waals surface area contributed by atoms with Crippen LogP contribution in [0, 0.1) is 22.7 Å². The lowest BCUT2D eigenvalue weighted by Crippen LogP contribution is -2.61. The van der Waals surface area contributed by atoms with Crippen LogP contribution in [0.15, 0.2) is 358 Å². The van der Waals surface area contributed by atoms with Gasteiger partial charge in [-0.15, -0.1) is 0 Å². The molecule has 0 saturated heterocycles. The van der Waals surface area contributed by atoms with Gasteiger partial charge >= 0.3 is 0 Å². The highest BCUT2D eigenvalue weighted by Gasteiger charge is 2.46. The lowest BCUT2D eigenvalue weighted by molar-refractivity contribution is 0.590. The lowest BCUT2D eigenvalue weighted by atomic mass is 9.33. The summed E-state index contributed by atoms with van der Waals surface area (Å²) in [5.41, 5.74) is 32.7. The Morgan fingerprint density at radius 1 is 0.265 bits per heavy atom. The second-order valence-electron chi connectivity index (χ2n) is 32.2. The van der Waals surface area contributed by atoms with Crippen molar-refractivity contribution in [2.45, 2.75) is 52.4 Å². The topological polar surface area (TPSA) is 63.9 Å². The van der Waals surface area contributed by atoms with Gasteiger partial charge in [-0.25, -0.2) is 0 Å². The minimum absolute atomic E-state index is 0.181. The van der Waals surface area contributed by atoms with Crippen molar-refractivity contribution in [3.8, 4) is 101 Å². The molecule has 0 fully saturated rings. The molecule has 0 unspecified atom stereocenters. The third-order valence-electron chi connectivity index (χ3n) is 23.4. The Morgan fingerprint density at radius 2 is 0.584 bits per heavy atom. The van der Waals surface area contributed by atoms with Gasteiger partial charge in [-0.1, -0.05) is 302 Å². The fourth-order valence-electron chi connectivity index (χ4n) is 18.1. The van der Waals surface area contributed by atoms with Crippen LogP contribution in [-0.4, -0.2) is 15.8 Å². The Balaban J connectivity index is 0.997. The number of hydrogen-bond donors (Lipinski definition) is 0. The number of rotatable bonds is 11. The van der Waals surface area contributed by atoms with Crippen molar-refractivity contribution in [1.29, 1.82) is 10.5 Å².